The quantitative estimate of drug-likeness (QED) is 0.628. The number of hydrogen-bond acceptors (Lipinski definition) is 3. The molecule has 24 heavy (non-hydrogen) atoms. The molecular formula is C20H16O3S. The Morgan fingerprint density at radius 3 is 2.46 bits per heavy atom. The zero-order valence-electron chi connectivity index (χ0n) is 13.1. The maximum atomic E-state index is 11.5. The molecule has 0 radical (unpaired) electrons. The van der Waals surface area contributed by atoms with Crippen molar-refractivity contribution in [1.29, 1.82) is 0 Å². The Hall–Kier alpha value is -2.85. The lowest BCUT2D eigenvalue weighted by Crippen LogP contribution is -1.97. The van der Waals surface area contributed by atoms with E-state index >= 15 is 0 Å². The van der Waals surface area contributed by atoms with Gasteiger partial charge in [0.1, 0.15) is 11.5 Å². The first kappa shape index (κ1) is 16.0. The number of carboxylic acid groups (broad SMARTS) is 1. The number of ether oxygens (including phenoxy) is 1. The van der Waals surface area contributed by atoms with Crippen LogP contribution in [0.1, 0.15) is 16.0 Å². The topological polar surface area (TPSA) is 46.5 Å². The normalized spacial score (nSPS) is 11.3. The third-order valence-corrected chi connectivity index (χ3v) is 4.34. The van der Waals surface area contributed by atoms with E-state index in [0.717, 1.165) is 21.8 Å². The monoisotopic (exact) mass is 336 g/mol. The fourth-order valence-electron chi connectivity index (χ4n) is 2.28. The summed E-state index contributed by atoms with van der Waals surface area (Å²) in [5.41, 5.74) is 2.24. The number of carboxylic acids is 1. The minimum atomic E-state index is -0.933. The third kappa shape index (κ3) is 3.91. The van der Waals surface area contributed by atoms with E-state index in [0.29, 0.717) is 5.75 Å². The van der Waals surface area contributed by atoms with Gasteiger partial charge in [-0.25, -0.2) is 4.79 Å². The van der Waals surface area contributed by atoms with E-state index in [9.17, 15) is 9.90 Å². The molecule has 0 aliphatic carbocycles. The summed E-state index contributed by atoms with van der Waals surface area (Å²) >= 11 is 1.41. The number of aryl methyl sites for hydroxylation is 1. The standard InChI is InChI=1S/C20H16O3S/c1-14-4-2-5-17(12-14)23-16-9-7-15(8-10-16)13-18(20(21)22)19-6-3-11-24-19/h2-13H,1H3,(H,21,22)/b18-13-. The van der Waals surface area contributed by atoms with Crippen LogP contribution in [0, 0.1) is 6.92 Å². The molecule has 1 aromatic heterocycles. The minimum absolute atomic E-state index is 0.289. The van der Waals surface area contributed by atoms with Crippen molar-refractivity contribution in [3.63, 3.8) is 0 Å². The molecule has 0 amide bonds. The lowest BCUT2D eigenvalue weighted by molar-refractivity contribution is -0.130. The van der Waals surface area contributed by atoms with E-state index in [1.807, 2.05) is 66.9 Å². The fraction of sp³-hybridized carbons (Fsp3) is 0.0500. The Kier molecular flexibility index (Phi) is 4.77. The minimum Gasteiger partial charge on any atom is -0.478 e. The molecule has 2 aromatic carbocycles. The summed E-state index contributed by atoms with van der Waals surface area (Å²) in [4.78, 5) is 12.2. The third-order valence-electron chi connectivity index (χ3n) is 3.43. The first-order valence-corrected chi connectivity index (χ1v) is 8.33. The molecule has 0 saturated carbocycles. The van der Waals surface area contributed by atoms with Crippen molar-refractivity contribution in [2.24, 2.45) is 0 Å². The molecule has 0 unspecified atom stereocenters. The van der Waals surface area contributed by atoms with Crippen LogP contribution in [0.3, 0.4) is 0 Å². The first-order chi connectivity index (χ1) is 11.6. The SMILES string of the molecule is Cc1cccc(Oc2ccc(/C=C(\C(=O)O)c3cccs3)cc2)c1. The summed E-state index contributed by atoms with van der Waals surface area (Å²) in [6.07, 6.45) is 1.67. The maximum absolute atomic E-state index is 11.5. The van der Waals surface area contributed by atoms with Gasteiger partial charge >= 0.3 is 5.97 Å². The molecular weight excluding hydrogens is 320 g/mol. The second kappa shape index (κ2) is 7.15. The molecule has 4 heteroatoms. The Morgan fingerprint density at radius 2 is 1.83 bits per heavy atom. The van der Waals surface area contributed by atoms with Crippen LogP contribution in [0.2, 0.25) is 0 Å². The van der Waals surface area contributed by atoms with E-state index in [2.05, 4.69) is 0 Å². The average Bonchev–Trinajstić information content (AvgIpc) is 3.08. The van der Waals surface area contributed by atoms with Crippen molar-refractivity contribution < 1.29 is 14.6 Å². The van der Waals surface area contributed by atoms with Gasteiger partial charge in [-0.05, 0) is 59.8 Å². The first-order valence-electron chi connectivity index (χ1n) is 7.45. The van der Waals surface area contributed by atoms with Crippen LogP contribution in [0.25, 0.3) is 11.6 Å². The van der Waals surface area contributed by atoms with E-state index < -0.39 is 5.97 Å². The summed E-state index contributed by atoms with van der Waals surface area (Å²) in [6, 6.07) is 18.8. The Labute approximate surface area is 144 Å². The van der Waals surface area contributed by atoms with Gasteiger partial charge in [0.05, 0.1) is 5.57 Å². The molecule has 3 aromatic rings. The van der Waals surface area contributed by atoms with Crippen molar-refractivity contribution in [1.82, 2.24) is 0 Å². The lowest BCUT2D eigenvalue weighted by Gasteiger charge is -2.07. The van der Waals surface area contributed by atoms with Gasteiger partial charge in [-0.1, -0.05) is 30.3 Å². The maximum Gasteiger partial charge on any atom is 0.337 e. The lowest BCUT2D eigenvalue weighted by atomic mass is 10.1. The molecule has 0 spiro atoms. The van der Waals surface area contributed by atoms with Crippen molar-refractivity contribution >= 4 is 29.0 Å². The summed E-state index contributed by atoms with van der Waals surface area (Å²) in [5.74, 6) is 0.561. The van der Waals surface area contributed by atoms with Crippen LogP contribution in [0.5, 0.6) is 11.5 Å². The summed E-state index contributed by atoms with van der Waals surface area (Å²) in [7, 11) is 0. The van der Waals surface area contributed by atoms with Crippen molar-refractivity contribution in [2.75, 3.05) is 0 Å². The highest BCUT2D eigenvalue weighted by molar-refractivity contribution is 7.11. The van der Waals surface area contributed by atoms with Crippen LogP contribution in [-0.4, -0.2) is 11.1 Å². The smallest absolute Gasteiger partial charge is 0.337 e. The molecule has 0 atom stereocenters. The van der Waals surface area contributed by atoms with Crippen LogP contribution in [-0.2, 0) is 4.79 Å². The van der Waals surface area contributed by atoms with E-state index in [-0.39, 0.29) is 5.57 Å². The summed E-state index contributed by atoms with van der Waals surface area (Å²) < 4.78 is 5.80. The molecule has 0 bridgehead atoms. The van der Waals surface area contributed by atoms with Gasteiger partial charge in [0.15, 0.2) is 0 Å². The molecule has 0 saturated heterocycles. The van der Waals surface area contributed by atoms with Crippen LogP contribution >= 0.6 is 11.3 Å². The number of carbonyl (C=O) groups is 1. The predicted molar refractivity (Wildman–Crippen MR) is 97.5 cm³/mol. The highest BCUT2D eigenvalue weighted by Crippen LogP contribution is 2.26. The number of hydrogen-bond donors (Lipinski definition) is 1. The summed E-state index contributed by atoms with van der Waals surface area (Å²) in [5, 5.41) is 11.3. The molecule has 3 rings (SSSR count). The Morgan fingerprint density at radius 1 is 1.04 bits per heavy atom. The van der Waals surface area contributed by atoms with Gasteiger partial charge in [0.2, 0.25) is 0 Å². The van der Waals surface area contributed by atoms with Gasteiger partial charge < -0.3 is 9.84 Å². The van der Waals surface area contributed by atoms with Gasteiger partial charge in [-0.3, -0.25) is 0 Å². The molecule has 0 aliphatic rings. The molecule has 1 heterocycles. The number of rotatable bonds is 5. The molecule has 120 valence electrons. The molecule has 0 fully saturated rings. The Bertz CT molecular complexity index is 862. The number of aliphatic carboxylic acids is 1. The Balaban J connectivity index is 1.81. The second-order valence-corrected chi connectivity index (χ2v) is 6.28. The molecule has 0 aliphatic heterocycles. The highest BCUT2D eigenvalue weighted by Gasteiger charge is 2.11. The number of benzene rings is 2. The van der Waals surface area contributed by atoms with Gasteiger partial charge in [-0.15, -0.1) is 11.3 Å². The van der Waals surface area contributed by atoms with Crippen LogP contribution in [0.4, 0.5) is 0 Å². The summed E-state index contributed by atoms with van der Waals surface area (Å²) in [6.45, 7) is 2.01. The zero-order chi connectivity index (χ0) is 16.9. The van der Waals surface area contributed by atoms with Crippen molar-refractivity contribution in [3.05, 3.63) is 82.0 Å². The average molecular weight is 336 g/mol. The van der Waals surface area contributed by atoms with E-state index in [4.69, 9.17) is 4.74 Å². The molecule has 1 N–H and O–H groups in total. The van der Waals surface area contributed by atoms with Gasteiger partial charge in [0, 0.05) is 4.88 Å². The van der Waals surface area contributed by atoms with Crippen molar-refractivity contribution in [2.45, 2.75) is 6.92 Å². The van der Waals surface area contributed by atoms with Crippen LogP contribution in [0.15, 0.2) is 66.0 Å². The molecule has 3 nitrogen and oxygen atoms in total. The van der Waals surface area contributed by atoms with Gasteiger partial charge in [0.25, 0.3) is 0 Å². The van der Waals surface area contributed by atoms with E-state index in [1.54, 1.807) is 12.1 Å². The largest absolute Gasteiger partial charge is 0.478 e. The number of thiophene rings is 1. The van der Waals surface area contributed by atoms with Crippen LogP contribution < -0.4 is 4.74 Å². The zero-order valence-corrected chi connectivity index (χ0v) is 13.9. The second-order valence-electron chi connectivity index (χ2n) is 5.33. The van der Waals surface area contributed by atoms with E-state index in [1.165, 1.54) is 11.3 Å². The fourth-order valence-corrected chi connectivity index (χ4v) is 3.02. The van der Waals surface area contributed by atoms with Crippen molar-refractivity contribution in [3.8, 4) is 11.5 Å². The van der Waals surface area contributed by atoms with Gasteiger partial charge in [-0.2, -0.15) is 0 Å². The highest BCUT2D eigenvalue weighted by atomic mass is 32.1. The predicted octanol–water partition coefficient (Wildman–Crippen LogP) is 5.47.